The summed E-state index contributed by atoms with van der Waals surface area (Å²) in [5.74, 6) is 2.55. The van der Waals surface area contributed by atoms with Gasteiger partial charge in [0.15, 0.2) is 0 Å². The fourth-order valence-electron chi connectivity index (χ4n) is 5.75. The normalized spacial score (nSPS) is 36.0. The van der Waals surface area contributed by atoms with Crippen molar-refractivity contribution in [2.24, 2.45) is 23.2 Å². The molecule has 0 aromatic heterocycles. The zero-order valence-electron chi connectivity index (χ0n) is 13.7. The molecule has 1 atom stereocenters. The first-order chi connectivity index (χ1) is 11.1. The molecule has 4 fully saturated rings. The molecule has 0 heterocycles. The van der Waals surface area contributed by atoms with E-state index in [4.69, 9.17) is 0 Å². The van der Waals surface area contributed by atoms with Gasteiger partial charge in [-0.15, -0.1) is 0 Å². The van der Waals surface area contributed by atoms with Crippen LogP contribution in [0.25, 0.3) is 0 Å². The molecule has 4 bridgehead atoms. The molecule has 0 aliphatic heterocycles. The molecule has 0 spiro atoms. The topological polar surface area (TPSA) is 49.3 Å². The van der Waals surface area contributed by atoms with Gasteiger partial charge in [0.1, 0.15) is 0 Å². The molecule has 23 heavy (non-hydrogen) atoms. The number of carbonyl (C=O) groups is 1. The third-order valence-electron chi connectivity index (χ3n) is 6.33. The second-order valence-corrected chi connectivity index (χ2v) is 8.25. The van der Waals surface area contributed by atoms with Gasteiger partial charge in [0.05, 0.1) is 6.10 Å². The Morgan fingerprint density at radius 2 is 1.65 bits per heavy atom. The molecule has 4 saturated carbocycles. The Morgan fingerprint density at radius 1 is 1.09 bits per heavy atom. The molecule has 1 unspecified atom stereocenters. The fraction of sp³-hybridized carbons (Fsp3) is 0.650. The van der Waals surface area contributed by atoms with Crippen molar-refractivity contribution in [3.05, 3.63) is 35.9 Å². The Hall–Kier alpha value is -1.35. The van der Waals surface area contributed by atoms with E-state index in [1.807, 2.05) is 30.3 Å². The zero-order chi connectivity index (χ0) is 15.9. The van der Waals surface area contributed by atoms with Crippen molar-refractivity contribution in [2.75, 3.05) is 6.54 Å². The lowest BCUT2D eigenvalue weighted by atomic mass is 9.49. The van der Waals surface area contributed by atoms with Crippen LogP contribution in [-0.2, 0) is 11.2 Å². The van der Waals surface area contributed by atoms with Gasteiger partial charge in [-0.25, -0.2) is 0 Å². The maximum Gasteiger partial charge on any atom is 0.226 e. The van der Waals surface area contributed by atoms with Crippen molar-refractivity contribution in [1.82, 2.24) is 5.32 Å². The molecule has 4 aliphatic rings. The van der Waals surface area contributed by atoms with E-state index in [2.05, 4.69) is 5.32 Å². The smallest absolute Gasteiger partial charge is 0.226 e. The minimum atomic E-state index is -0.504. The van der Waals surface area contributed by atoms with Gasteiger partial charge in [0.2, 0.25) is 5.91 Å². The molecule has 1 aromatic rings. The molecule has 2 N–H and O–H groups in total. The quantitative estimate of drug-likeness (QED) is 0.878. The first-order valence-electron chi connectivity index (χ1n) is 9.13. The molecular weight excluding hydrogens is 286 g/mol. The van der Waals surface area contributed by atoms with E-state index in [1.54, 1.807) is 0 Å². The average Bonchev–Trinajstić information content (AvgIpc) is 2.52. The lowest BCUT2D eigenvalue weighted by molar-refractivity contribution is -0.146. The third kappa shape index (κ3) is 3.03. The van der Waals surface area contributed by atoms with Crippen molar-refractivity contribution in [3.63, 3.8) is 0 Å². The molecule has 4 aliphatic carbocycles. The molecule has 124 valence electrons. The summed E-state index contributed by atoms with van der Waals surface area (Å²) in [6.45, 7) is 0.371. The van der Waals surface area contributed by atoms with Crippen LogP contribution in [0.2, 0.25) is 0 Å². The number of hydrogen-bond acceptors (Lipinski definition) is 2. The van der Waals surface area contributed by atoms with Crippen LogP contribution in [0.4, 0.5) is 0 Å². The second-order valence-electron chi connectivity index (χ2n) is 8.25. The Morgan fingerprint density at radius 3 is 2.22 bits per heavy atom. The number of benzene rings is 1. The molecule has 0 saturated heterocycles. The van der Waals surface area contributed by atoms with Gasteiger partial charge < -0.3 is 10.4 Å². The Kier molecular flexibility index (Phi) is 3.92. The Bertz CT molecular complexity index is 533. The summed E-state index contributed by atoms with van der Waals surface area (Å²) in [5, 5.41) is 13.3. The van der Waals surface area contributed by atoms with Crippen LogP contribution in [0.3, 0.4) is 0 Å². The summed E-state index contributed by atoms with van der Waals surface area (Å²) < 4.78 is 0. The first kappa shape index (κ1) is 15.2. The number of amides is 1. The molecule has 3 nitrogen and oxygen atoms in total. The largest absolute Gasteiger partial charge is 0.391 e. The van der Waals surface area contributed by atoms with Crippen LogP contribution < -0.4 is 5.32 Å². The minimum absolute atomic E-state index is 0.110. The number of aliphatic hydroxyl groups excluding tert-OH is 1. The summed E-state index contributed by atoms with van der Waals surface area (Å²) in [7, 11) is 0. The SMILES string of the molecule is O=C(NCC(O)Cc1ccccc1)C12CC3CC(CC(C3)C1)C2. The fourth-order valence-corrected chi connectivity index (χ4v) is 5.75. The average molecular weight is 313 g/mol. The van der Waals surface area contributed by atoms with E-state index in [-0.39, 0.29) is 11.3 Å². The van der Waals surface area contributed by atoms with Gasteiger partial charge >= 0.3 is 0 Å². The molecule has 1 aromatic carbocycles. The van der Waals surface area contributed by atoms with Crippen LogP contribution in [0.1, 0.15) is 44.1 Å². The van der Waals surface area contributed by atoms with Gasteiger partial charge in [0.25, 0.3) is 0 Å². The highest BCUT2D eigenvalue weighted by atomic mass is 16.3. The minimum Gasteiger partial charge on any atom is -0.391 e. The van der Waals surface area contributed by atoms with Crippen molar-refractivity contribution in [2.45, 2.75) is 51.0 Å². The van der Waals surface area contributed by atoms with Crippen LogP contribution in [0.15, 0.2) is 30.3 Å². The van der Waals surface area contributed by atoms with E-state index < -0.39 is 6.10 Å². The highest BCUT2D eigenvalue weighted by Gasteiger charge is 2.54. The van der Waals surface area contributed by atoms with Gasteiger partial charge in [-0.05, 0) is 61.8 Å². The van der Waals surface area contributed by atoms with Gasteiger partial charge in [-0.1, -0.05) is 30.3 Å². The molecule has 3 heteroatoms. The molecule has 5 rings (SSSR count). The van der Waals surface area contributed by atoms with Crippen molar-refractivity contribution >= 4 is 5.91 Å². The zero-order valence-corrected chi connectivity index (χ0v) is 13.7. The van der Waals surface area contributed by atoms with Crippen LogP contribution in [-0.4, -0.2) is 23.7 Å². The number of carbonyl (C=O) groups excluding carboxylic acids is 1. The van der Waals surface area contributed by atoms with Crippen molar-refractivity contribution < 1.29 is 9.90 Å². The Balaban J connectivity index is 1.33. The summed E-state index contributed by atoms with van der Waals surface area (Å²) in [6, 6.07) is 9.98. The van der Waals surface area contributed by atoms with E-state index in [0.29, 0.717) is 13.0 Å². The number of rotatable bonds is 5. The highest BCUT2D eigenvalue weighted by molar-refractivity contribution is 5.83. The standard InChI is InChI=1S/C20H27NO2/c22-18(9-14-4-2-1-3-5-14)13-21-19(23)20-10-15-6-16(11-20)8-17(7-15)12-20/h1-5,15-18,22H,6-13H2,(H,21,23). The summed E-state index contributed by atoms with van der Waals surface area (Å²) >= 11 is 0. The maximum atomic E-state index is 12.8. The van der Waals surface area contributed by atoms with Crippen molar-refractivity contribution in [1.29, 1.82) is 0 Å². The number of hydrogen-bond donors (Lipinski definition) is 2. The summed E-state index contributed by atoms with van der Waals surface area (Å²) in [4.78, 5) is 12.8. The van der Waals surface area contributed by atoms with Crippen LogP contribution in [0.5, 0.6) is 0 Å². The van der Waals surface area contributed by atoms with Crippen LogP contribution >= 0.6 is 0 Å². The highest BCUT2D eigenvalue weighted by Crippen LogP contribution is 2.60. The molecule has 1 amide bonds. The summed E-state index contributed by atoms with van der Waals surface area (Å²) in [6.07, 6.45) is 7.39. The molecule has 0 radical (unpaired) electrons. The van der Waals surface area contributed by atoms with E-state index in [1.165, 1.54) is 19.3 Å². The van der Waals surface area contributed by atoms with E-state index in [0.717, 1.165) is 42.6 Å². The Labute approximate surface area is 138 Å². The molecular formula is C20H27NO2. The van der Waals surface area contributed by atoms with Gasteiger partial charge in [-0.3, -0.25) is 4.79 Å². The number of nitrogens with one attached hydrogen (secondary N) is 1. The second kappa shape index (κ2) is 5.94. The van der Waals surface area contributed by atoms with Gasteiger partial charge in [0, 0.05) is 18.4 Å². The summed E-state index contributed by atoms with van der Waals surface area (Å²) in [5.41, 5.74) is 1.00. The van der Waals surface area contributed by atoms with Crippen LogP contribution in [0, 0.1) is 23.2 Å². The lowest BCUT2D eigenvalue weighted by Crippen LogP contribution is -2.54. The van der Waals surface area contributed by atoms with E-state index in [9.17, 15) is 9.90 Å². The third-order valence-corrected chi connectivity index (χ3v) is 6.33. The maximum absolute atomic E-state index is 12.8. The first-order valence-corrected chi connectivity index (χ1v) is 9.13. The van der Waals surface area contributed by atoms with Crippen molar-refractivity contribution in [3.8, 4) is 0 Å². The van der Waals surface area contributed by atoms with Gasteiger partial charge in [-0.2, -0.15) is 0 Å². The van der Waals surface area contributed by atoms with E-state index >= 15 is 0 Å². The number of aliphatic hydroxyl groups is 1. The predicted octanol–water partition coefficient (Wildman–Crippen LogP) is 2.92. The predicted molar refractivity (Wildman–Crippen MR) is 89.8 cm³/mol. The lowest BCUT2D eigenvalue weighted by Gasteiger charge is -2.55. The monoisotopic (exact) mass is 313 g/mol.